The highest BCUT2D eigenvalue weighted by Crippen LogP contribution is 2.31. The Kier molecular flexibility index (Phi) is 9.16. The summed E-state index contributed by atoms with van der Waals surface area (Å²) in [5, 5.41) is 18.6. The van der Waals surface area contributed by atoms with Gasteiger partial charge in [0.25, 0.3) is 17.0 Å². The Hall–Kier alpha value is -3.23. The molecule has 0 radical (unpaired) electrons. The van der Waals surface area contributed by atoms with Gasteiger partial charge in [0, 0.05) is 27.2 Å². The minimum absolute atomic E-state index is 0.00204. The van der Waals surface area contributed by atoms with Crippen LogP contribution in [-0.2, 0) is 6.54 Å². The van der Waals surface area contributed by atoms with Gasteiger partial charge in [-0.1, -0.05) is 26.8 Å². The van der Waals surface area contributed by atoms with Crippen LogP contribution in [0.15, 0.2) is 27.8 Å². The Morgan fingerprint density at radius 2 is 1.77 bits per heavy atom. The molecule has 1 aromatic heterocycles. The van der Waals surface area contributed by atoms with Crippen LogP contribution in [0.1, 0.15) is 45.0 Å². The Morgan fingerprint density at radius 3 is 2.27 bits per heavy atom. The van der Waals surface area contributed by atoms with Crippen LogP contribution in [0.4, 0.5) is 17.1 Å². The number of carbonyl (C=O) groups is 1. The monoisotopic (exact) mass is 419 g/mol. The number of hydrogen-bond donors (Lipinski definition) is 4. The third-order valence-corrected chi connectivity index (χ3v) is 3.77. The molecule has 9 heteroatoms. The Balaban J connectivity index is 0.00000103. The van der Waals surface area contributed by atoms with Crippen LogP contribution in [0.2, 0.25) is 0 Å². The lowest BCUT2D eigenvalue weighted by molar-refractivity contribution is 0.0824. The molecular formula is C21H33N5O4. The van der Waals surface area contributed by atoms with Crippen molar-refractivity contribution in [2.75, 3.05) is 31.3 Å². The third-order valence-electron chi connectivity index (χ3n) is 3.77. The maximum atomic E-state index is 12.6. The fourth-order valence-electron chi connectivity index (χ4n) is 2.46. The van der Waals surface area contributed by atoms with Gasteiger partial charge in [-0.25, -0.2) is 4.68 Å². The Labute approximate surface area is 176 Å². The smallest absolute Gasteiger partial charge is 0.291 e. The normalized spacial score (nSPS) is 10.3. The molecule has 0 saturated carbocycles. The molecule has 0 spiro atoms. The molecule has 0 aliphatic heterocycles. The summed E-state index contributed by atoms with van der Waals surface area (Å²) >= 11 is 0. The van der Waals surface area contributed by atoms with E-state index < -0.39 is 11.1 Å². The topological polar surface area (TPSA) is 119 Å². The first kappa shape index (κ1) is 24.8. The van der Waals surface area contributed by atoms with Crippen LogP contribution >= 0.6 is 0 Å². The molecule has 166 valence electrons. The maximum Gasteiger partial charge on any atom is 0.291 e. The minimum atomic E-state index is -0.462. The summed E-state index contributed by atoms with van der Waals surface area (Å²) in [7, 11) is 3.14. The number of nitrogens with zero attached hydrogens (tertiary/aromatic N) is 2. The molecule has 0 saturated heterocycles. The molecule has 0 bridgehead atoms. The minimum Gasteiger partial charge on any atom is -0.505 e. The predicted octanol–water partition coefficient (Wildman–Crippen LogP) is 2.80. The summed E-state index contributed by atoms with van der Waals surface area (Å²) < 4.78 is 1.16. The van der Waals surface area contributed by atoms with Gasteiger partial charge in [-0.05, 0) is 31.9 Å². The van der Waals surface area contributed by atoms with E-state index in [4.69, 9.17) is 0 Å². The van der Waals surface area contributed by atoms with Crippen molar-refractivity contribution < 1.29 is 9.90 Å². The fourth-order valence-corrected chi connectivity index (χ4v) is 2.46. The number of anilines is 3. The predicted molar refractivity (Wildman–Crippen MR) is 121 cm³/mol. The summed E-state index contributed by atoms with van der Waals surface area (Å²) in [6, 6.07) is 4.59. The van der Waals surface area contributed by atoms with E-state index in [1.807, 2.05) is 0 Å². The Bertz CT molecular complexity index is 974. The van der Waals surface area contributed by atoms with Crippen LogP contribution in [0.5, 0.6) is 5.75 Å². The van der Waals surface area contributed by atoms with E-state index in [2.05, 4.69) is 36.5 Å². The van der Waals surface area contributed by atoms with Gasteiger partial charge >= 0.3 is 0 Å². The number of aromatic nitrogens is 2. The second-order valence-corrected chi connectivity index (χ2v) is 7.53. The lowest BCUT2D eigenvalue weighted by Crippen LogP contribution is -2.33. The molecule has 0 aliphatic carbocycles. The molecular weight excluding hydrogens is 386 g/mol. The van der Waals surface area contributed by atoms with Gasteiger partial charge in [-0.2, -0.15) is 0 Å². The first-order chi connectivity index (χ1) is 14.0. The lowest BCUT2D eigenvalue weighted by Gasteiger charge is -2.17. The van der Waals surface area contributed by atoms with Gasteiger partial charge in [0.15, 0.2) is 5.75 Å². The molecule has 0 atom stereocenters. The summed E-state index contributed by atoms with van der Waals surface area (Å²) in [5.74, 6) is 0.159. The van der Waals surface area contributed by atoms with Gasteiger partial charge in [0.1, 0.15) is 11.4 Å². The van der Waals surface area contributed by atoms with Gasteiger partial charge in [-0.3, -0.25) is 19.5 Å². The van der Waals surface area contributed by atoms with Crippen LogP contribution < -0.4 is 21.8 Å². The van der Waals surface area contributed by atoms with Crippen molar-refractivity contribution in [3.8, 4) is 5.75 Å². The quantitative estimate of drug-likeness (QED) is 0.535. The van der Waals surface area contributed by atoms with Gasteiger partial charge in [0.05, 0.1) is 11.3 Å². The highest BCUT2D eigenvalue weighted by Gasteiger charge is 2.19. The van der Waals surface area contributed by atoms with Crippen molar-refractivity contribution in [2.45, 2.75) is 41.2 Å². The zero-order valence-electron chi connectivity index (χ0n) is 18.8. The van der Waals surface area contributed by atoms with Crippen molar-refractivity contribution in [1.29, 1.82) is 0 Å². The second kappa shape index (κ2) is 11.1. The number of carbonyl (C=O) groups excluding carboxylic acids is 1. The molecule has 1 heterocycles. The molecule has 0 fully saturated rings. The van der Waals surface area contributed by atoms with Crippen molar-refractivity contribution in [3.05, 3.63) is 44.5 Å². The van der Waals surface area contributed by atoms with Crippen LogP contribution in [0.3, 0.4) is 0 Å². The second-order valence-electron chi connectivity index (χ2n) is 7.53. The van der Waals surface area contributed by atoms with E-state index in [1.54, 1.807) is 34.0 Å². The lowest BCUT2D eigenvalue weighted by atomic mass is 10.1. The first-order valence-corrected chi connectivity index (χ1v) is 9.96. The van der Waals surface area contributed by atoms with E-state index in [0.29, 0.717) is 6.54 Å². The van der Waals surface area contributed by atoms with Crippen molar-refractivity contribution in [2.24, 2.45) is 5.92 Å². The first-order valence-electron chi connectivity index (χ1n) is 9.96. The van der Waals surface area contributed by atoms with E-state index in [0.717, 1.165) is 10.6 Å². The number of phenolic OH excluding ortho intramolecular Hbond substituents is 1. The molecule has 1 aromatic carbocycles. The fraction of sp³-hybridized carbons (Fsp3) is 0.476. The number of H-pyrrole nitrogens is 1. The molecule has 9 nitrogen and oxygen atoms in total. The SMILES string of the molecule is CC(C)C.CCNc1c(Nc2cccc(C(=O)N(C)C)c2O)c(=O)n(CC)[nH]c1=O. The summed E-state index contributed by atoms with van der Waals surface area (Å²) in [4.78, 5) is 38.4. The molecule has 30 heavy (non-hydrogen) atoms. The molecule has 0 unspecified atom stereocenters. The zero-order chi connectivity index (χ0) is 23.0. The van der Waals surface area contributed by atoms with Crippen molar-refractivity contribution >= 4 is 23.0 Å². The average Bonchev–Trinajstić information content (AvgIpc) is 2.67. The summed E-state index contributed by atoms with van der Waals surface area (Å²) in [5.41, 5.74) is -0.594. The molecule has 2 aromatic rings. The maximum absolute atomic E-state index is 12.6. The van der Waals surface area contributed by atoms with E-state index in [9.17, 15) is 19.5 Å². The van der Waals surface area contributed by atoms with E-state index >= 15 is 0 Å². The number of amides is 1. The van der Waals surface area contributed by atoms with Gasteiger partial charge in [0.2, 0.25) is 0 Å². The number of para-hydroxylation sites is 1. The number of aryl methyl sites for hydroxylation is 1. The number of hydrogen-bond acceptors (Lipinski definition) is 6. The van der Waals surface area contributed by atoms with Crippen LogP contribution in [0.25, 0.3) is 0 Å². The largest absolute Gasteiger partial charge is 0.505 e. The van der Waals surface area contributed by atoms with E-state index in [-0.39, 0.29) is 40.8 Å². The molecule has 1 amide bonds. The highest BCUT2D eigenvalue weighted by atomic mass is 16.3. The molecule has 0 aliphatic rings. The molecule has 4 N–H and O–H groups in total. The van der Waals surface area contributed by atoms with Crippen LogP contribution in [-0.4, -0.2) is 46.3 Å². The number of phenols is 1. The number of benzene rings is 1. The van der Waals surface area contributed by atoms with Crippen LogP contribution in [0, 0.1) is 5.92 Å². The molecule has 2 rings (SSSR count). The summed E-state index contributed by atoms with van der Waals surface area (Å²) in [6.07, 6.45) is 0. The number of aromatic amines is 1. The van der Waals surface area contributed by atoms with Gasteiger partial charge < -0.3 is 20.6 Å². The van der Waals surface area contributed by atoms with Gasteiger partial charge in [-0.15, -0.1) is 0 Å². The average molecular weight is 420 g/mol. The standard InChI is InChI=1S/C17H23N5O4.C4H10/c1-5-18-12-13(17(26)22(6-2)20-15(12)24)19-11-9-7-8-10(14(11)23)16(25)21(3)4;1-4(2)3/h7-9,18-19,23H,5-6H2,1-4H3,(H,20,24);4H,1-3H3. The van der Waals surface area contributed by atoms with Crippen molar-refractivity contribution in [1.82, 2.24) is 14.7 Å². The number of nitrogens with one attached hydrogen (secondary N) is 3. The zero-order valence-corrected chi connectivity index (χ0v) is 18.8. The number of rotatable bonds is 6. The highest BCUT2D eigenvalue weighted by molar-refractivity contribution is 5.98. The number of aromatic hydroxyl groups is 1. The third kappa shape index (κ3) is 6.13. The summed E-state index contributed by atoms with van der Waals surface area (Å²) in [6.45, 7) is 10.7. The van der Waals surface area contributed by atoms with E-state index in [1.165, 1.54) is 17.0 Å². The van der Waals surface area contributed by atoms with Crippen molar-refractivity contribution in [3.63, 3.8) is 0 Å². The Morgan fingerprint density at radius 1 is 1.17 bits per heavy atom.